The number of benzene rings is 1. The molecule has 1 aromatic rings. The average molecular weight is 409 g/mol. The van der Waals surface area contributed by atoms with Crippen LogP contribution in [-0.2, 0) is 35.1 Å². The topological polar surface area (TPSA) is 117 Å². The average Bonchev–Trinajstić information content (AvgIpc) is 2.65. The maximum atomic E-state index is 12.1. The molecule has 29 heavy (non-hydrogen) atoms. The van der Waals surface area contributed by atoms with Crippen molar-refractivity contribution in [3.05, 3.63) is 23.8 Å². The molecular weight excluding hydrogens is 382 g/mol. The molecule has 1 aromatic carbocycles. The lowest BCUT2D eigenvalue weighted by molar-refractivity contribution is -0.144. The van der Waals surface area contributed by atoms with Gasteiger partial charge in [0, 0.05) is 26.8 Å². The van der Waals surface area contributed by atoms with Crippen LogP contribution in [0.3, 0.4) is 0 Å². The zero-order valence-corrected chi connectivity index (χ0v) is 17.1. The molecule has 0 spiro atoms. The van der Waals surface area contributed by atoms with Crippen LogP contribution in [0.4, 0.5) is 0 Å². The second-order valence-electron chi connectivity index (χ2n) is 6.17. The minimum absolute atomic E-state index is 0.0716. The molecule has 0 fully saturated rings. The van der Waals surface area contributed by atoms with Crippen molar-refractivity contribution in [1.29, 1.82) is 0 Å². The molecule has 0 unspecified atom stereocenters. The Morgan fingerprint density at radius 2 is 1.69 bits per heavy atom. The van der Waals surface area contributed by atoms with E-state index >= 15 is 0 Å². The van der Waals surface area contributed by atoms with Crippen LogP contribution in [0.25, 0.3) is 0 Å². The predicted molar refractivity (Wildman–Crippen MR) is 102 cm³/mol. The highest BCUT2D eigenvalue weighted by molar-refractivity contribution is 5.76. The monoisotopic (exact) mass is 409 g/mol. The van der Waals surface area contributed by atoms with Crippen LogP contribution in [0.15, 0.2) is 18.2 Å². The van der Waals surface area contributed by atoms with Crippen molar-refractivity contribution >= 4 is 23.9 Å². The molecule has 1 atom stereocenters. The van der Waals surface area contributed by atoms with E-state index in [1.54, 1.807) is 6.07 Å². The van der Waals surface area contributed by atoms with Gasteiger partial charge in [0.1, 0.15) is 12.6 Å². The fourth-order valence-electron chi connectivity index (χ4n) is 2.44. The van der Waals surface area contributed by atoms with Crippen LogP contribution >= 0.6 is 0 Å². The highest BCUT2D eigenvalue weighted by Gasteiger charge is 2.21. The van der Waals surface area contributed by atoms with Crippen LogP contribution in [0, 0.1) is 0 Å². The number of ether oxygens (including phenoxy) is 4. The van der Waals surface area contributed by atoms with E-state index in [0.717, 1.165) is 0 Å². The van der Waals surface area contributed by atoms with E-state index in [4.69, 9.17) is 18.9 Å². The first-order valence-corrected chi connectivity index (χ1v) is 9.23. The Morgan fingerprint density at radius 1 is 1.03 bits per heavy atom. The summed E-state index contributed by atoms with van der Waals surface area (Å²) < 4.78 is 20.0. The van der Waals surface area contributed by atoms with Crippen molar-refractivity contribution in [3.8, 4) is 11.5 Å². The number of hydrogen-bond donors (Lipinski definition) is 1. The molecule has 0 saturated carbocycles. The van der Waals surface area contributed by atoms with Crippen molar-refractivity contribution in [1.82, 2.24) is 5.32 Å². The Kier molecular flexibility index (Phi) is 10.4. The van der Waals surface area contributed by atoms with Gasteiger partial charge in [-0.2, -0.15) is 0 Å². The van der Waals surface area contributed by atoms with E-state index in [1.165, 1.54) is 33.1 Å². The van der Waals surface area contributed by atoms with Gasteiger partial charge in [-0.3, -0.25) is 19.2 Å². The molecule has 0 heterocycles. The summed E-state index contributed by atoms with van der Waals surface area (Å²) in [5, 5.41) is 2.98. The standard InChI is InChI=1S/C20H27NO8/c1-5-6-19(24)27-10-9-21-16(20(25)26-4)11-15-7-8-17(28-13(2)22)18(12-15)29-14(3)23/h7-8,12,16,21H,5-6,9-11H2,1-4H3/t16-/m0/s1. The minimum atomic E-state index is -0.713. The highest BCUT2D eigenvalue weighted by Crippen LogP contribution is 2.29. The lowest BCUT2D eigenvalue weighted by Gasteiger charge is -2.17. The van der Waals surface area contributed by atoms with Gasteiger partial charge in [-0.15, -0.1) is 0 Å². The first kappa shape index (κ1) is 24.1. The number of carbonyl (C=O) groups is 4. The fraction of sp³-hybridized carbons (Fsp3) is 0.500. The Morgan fingerprint density at radius 3 is 2.28 bits per heavy atom. The van der Waals surface area contributed by atoms with Gasteiger partial charge in [-0.25, -0.2) is 0 Å². The van der Waals surface area contributed by atoms with Crippen LogP contribution in [-0.4, -0.2) is 50.2 Å². The van der Waals surface area contributed by atoms with Gasteiger partial charge < -0.3 is 24.3 Å². The second-order valence-corrected chi connectivity index (χ2v) is 6.17. The molecule has 9 heteroatoms. The Labute approximate surface area is 169 Å². The Balaban J connectivity index is 2.84. The predicted octanol–water partition coefficient (Wildman–Crippen LogP) is 1.55. The summed E-state index contributed by atoms with van der Waals surface area (Å²) in [6.07, 6.45) is 1.25. The lowest BCUT2D eigenvalue weighted by Crippen LogP contribution is -2.41. The van der Waals surface area contributed by atoms with E-state index in [-0.39, 0.29) is 37.0 Å². The largest absolute Gasteiger partial charge is 0.468 e. The van der Waals surface area contributed by atoms with Crippen molar-refractivity contribution in [2.24, 2.45) is 0 Å². The van der Waals surface area contributed by atoms with Gasteiger partial charge in [0.25, 0.3) is 0 Å². The van der Waals surface area contributed by atoms with Crippen LogP contribution in [0.5, 0.6) is 11.5 Å². The summed E-state index contributed by atoms with van der Waals surface area (Å²) in [4.78, 5) is 46.0. The van der Waals surface area contributed by atoms with E-state index < -0.39 is 23.9 Å². The van der Waals surface area contributed by atoms with Gasteiger partial charge in [0.2, 0.25) is 0 Å². The highest BCUT2D eigenvalue weighted by atomic mass is 16.6. The van der Waals surface area contributed by atoms with Gasteiger partial charge in [0.05, 0.1) is 7.11 Å². The molecule has 160 valence electrons. The van der Waals surface area contributed by atoms with Crippen molar-refractivity contribution in [2.75, 3.05) is 20.3 Å². The molecule has 9 nitrogen and oxygen atoms in total. The maximum Gasteiger partial charge on any atom is 0.323 e. The van der Waals surface area contributed by atoms with E-state index in [9.17, 15) is 19.2 Å². The molecule has 0 aliphatic heterocycles. The molecule has 1 N–H and O–H groups in total. The van der Waals surface area contributed by atoms with Gasteiger partial charge in [0.15, 0.2) is 11.5 Å². The summed E-state index contributed by atoms with van der Waals surface area (Å²) in [7, 11) is 1.27. The molecule has 0 aliphatic carbocycles. The third-order valence-electron chi connectivity index (χ3n) is 3.65. The first-order chi connectivity index (χ1) is 13.8. The maximum absolute atomic E-state index is 12.1. The van der Waals surface area contributed by atoms with Gasteiger partial charge >= 0.3 is 23.9 Å². The molecule has 0 aromatic heterocycles. The van der Waals surface area contributed by atoms with Crippen LogP contribution < -0.4 is 14.8 Å². The summed E-state index contributed by atoms with van der Waals surface area (Å²) in [6.45, 7) is 4.72. The van der Waals surface area contributed by atoms with Gasteiger partial charge in [-0.05, 0) is 30.5 Å². The van der Waals surface area contributed by atoms with Crippen LogP contribution in [0.1, 0.15) is 39.2 Å². The molecule has 0 radical (unpaired) electrons. The van der Waals surface area contributed by atoms with Crippen LogP contribution in [0.2, 0.25) is 0 Å². The smallest absolute Gasteiger partial charge is 0.323 e. The number of methoxy groups -OCH3 is 1. The number of hydrogen-bond acceptors (Lipinski definition) is 9. The number of nitrogens with one attached hydrogen (secondary N) is 1. The Bertz CT molecular complexity index is 731. The zero-order chi connectivity index (χ0) is 21.8. The van der Waals surface area contributed by atoms with E-state index in [1.807, 2.05) is 6.92 Å². The van der Waals surface area contributed by atoms with Crippen molar-refractivity contribution < 1.29 is 38.1 Å². The Hall–Kier alpha value is -2.94. The minimum Gasteiger partial charge on any atom is -0.468 e. The van der Waals surface area contributed by atoms with Crippen molar-refractivity contribution in [2.45, 2.75) is 46.1 Å². The van der Waals surface area contributed by atoms with E-state index in [2.05, 4.69) is 5.32 Å². The number of rotatable bonds is 11. The molecule has 0 amide bonds. The summed E-state index contributed by atoms with van der Waals surface area (Å²) >= 11 is 0. The van der Waals surface area contributed by atoms with Gasteiger partial charge in [-0.1, -0.05) is 13.0 Å². The number of esters is 4. The summed E-state index contributed by atoms with van der Waals surface area (Å²) in [5.41, 5.74) is 0.642. The molecule has 1 rings (SSSR count). The molecule has 0 bridgehead atoms. The second kappa shape index (κ2) is 12.5. The third-order valence-corrected chi connectivity index (χ3v) is 3.65. The molecule has 0 aliphatic rings. The quantitative estimate of drug-likeness (QED) is 0.330. The van der Waals surface area contributed by atoms with Crippen molar-refractivity contribution in [3.63, 3.8) is 0 Å². The fourth-order valence-corrected chi connectivity index (χ4v) is 2.44. The first-order valence-electron chi connectivity index (χ1n) is 9.23. The lowest BCUT2D eigenvalue weighted by atomic mass is 10.1. The zero-order valence-electron chi connectivity index (χ0n) is 17.1. The SMILES string of the molecule is CCCC(=O)OCCN[C@@H](Cc1ccc(OC(C)=O)c(OC(C)=O)c1)C(=O)OC. The summed E-state index contributed by atoms with van der Waals surface area (Å²) in [5.74, 6) is -1.76. The number of carbonyl (C=O) groups excluding carboxylic acids is 4. The molecule has 0 saturated heterocycles. The normalized spacial score (nSPS) is 11.3. The van der Waals surface area contributed by atoms with E-state index in [0.29, 0.717) is 18.4 Å². The molecular formula is C20H27NO8. The summed E-state index contributed by atoms with van der Waals surface area (Å²) in [6, 6.07) is 3.92. The third kappa shape index (κ3) is 9.20.